The second kappa shape index (κ2) is 5.75. The monoisotopic (exact) mass is 230 g/mol. The van der Waals surface area contributed by atoms with E-state index in [1.165, 1.54) is 6.42 Å². The molecule has 4 heteroatoms. The molecular weight excluding hydrogens is 208 g/mol. The van der Waals surface area contributed by atoms with Crippen molar-refractivity contribution in [3.8, 4) is 0 Å². The summed E-state index contributed by atoms with van der Waals surface area (Å²) in [5, 5.41) is 3.76. The first-order valence-corrected chi connectivity index (χ1v) is 6.92. The average molecular weight is 230 g/mol. The van der Waals surface area contributed by atoms with E-state index in [1.807, 2.05) is 25.6 Å². The Bertz CT molecular complexity index is 221. The van der Waals surface area contributed by atoms with Crippen LogP contribution in [0.4, 0.5) is 0 Å². The maximum atomic E-state index is 11.7. The third-order valence-electron chi connectivity index (χ3n) is 3.09. The Morgan fingerprint density at radius 3 is 2.60 bits per heavy atom. The van der Waals surface area contributed by atoms with Gasteiger partial charge in [0.2, 0.25) is 5.91 Å². The molecule has 3 atom stereocenters. The number of carbonyl (C=O) groups excluding carboxylic acids is 1. The first-order valence-electron chi connectivity index (χ1n) is 5.63. The molecule has 3 nitrogen and oxygen atoms in total. The van der Waals surface area contributed by atoms with Crippen LogP contribution in [0, 0.1) is 5.92 Å². The number of carbonyl (C=O) groups is 1. The van der Waals surface area contributed by atoms with Crippen molar-refractivity contribution >= 4 is 17.7 Å². The van der Waals surface area contributed by atoms with Crippen LogP contribution in [-0.2, 0) is 4.79 Å². The molecule has 88 valence electrons. The highest BCUT2D eigenvalue weighted by molar-refractivity contribution is 7.99. The summed E-state index contributed by atoms with van der Waals surface area (Å²) in [6, 6.07) is -0.0157. The Balaban J connectivity index is 2.33. The molecule has 3 N–H and O–H groups in total. The van der Waals surface area contributed by atoms with E-state index in [2.05, 4.69) is 11.6 Å². The first kappa shape index (κ1) is 12.8. The van der Waals surface area contributed by atoms with Crippen LogP contribution in [0.15, 0.2) is 0 Å². The van der Waals surface area contributed by atoms with Crippen LogP contribution < -0.4 is 11.1 Å². The molecule has 0 aromatic carbocycles. The van der Waals surface area contributed by atoms with Crippen LogP contribution in [-0.4, -0.2) is 29.5 Å². The van der Waals surface area contributed by atoms with Gasteiger partial charge in [0.15, 0.2) is 0 Å². The number of nitrogens with one attached hydrogen (secondary N) is 1. The number of rotatable bonds is 4. The van der Waals surface area contributed by atoms with Crippen LogP contribution in [0.3, 0.4) is 0 Å². The van der Waals surface area contributed by atoms with Gasteiger partial charge in [0.1, 0.15) is 0 Å². The van der Waals surface area contributed by atoms with Gasteiger partial charge in [0, 0.05) is 11.3 Å². The number of thioether (sulfide) groups is 1. The number of nitrogens with two attached hydrogens (primary N) is 1. The van der Waals surface area contributed by atoms with E-state index in [1.54, 1.807) is 0 Å². The standard InChI is InChI=1S/C11H22N2OS/c1-7(2)10(12)11(14)13-8-4-5-9(6-8)15-3/h7-10H,4-6,12H2,1-3H3,(H,13,14). The predicted octanol–water partition coefficient (Wildman–Crippen LogP) is 1.37. The molecule has 1 aliphatic rings. The summed E-state index contributed by atoms with van der Waals surface area (Å²) in [4.78, 5) is 11.7. The summed E-state index contributed by atoms with van der Waals surface area (Å²) >= 11 is 1.90. The summed E-state index contributed by atoms with van der Waals surface area (Å²) in [7, 11) is 0. The SMILES string of the molecule is CSC1CCC(NC(=O)C(N)C(C)C)C1. The Morgan fingerprint density at radius 1 is 1.47 bits per heavy atom. The van der Waals surface area contributed by atoms with Gasteiger partial charge in [-0.05, 0) is 31.4 Å². The quantitative estimate of drug-likeness (QED) is 0.767. The maximum absolute atomic E-state index is 11.7. The van der Waals surface area contributed by atoms with Gasteiger partial charge in [-0.15, -0.1) is 0 Å². The van der Waals surface area contributed by atoms with Crippen LogP contribution in [0.1, 0.15) is 33.1 Å². The molecule has 15 heavy (non-hydrogen) atoms. The topological polar surface area (TPSA) is 55.1 Å². The number of hydrogen-bond acceptors (Lipinski definition) is 3. The number of amides is 1. The zero-order valence-corrected chi connectivity index (χ0v) is 10.6. The van der Waals surface area contributed by atoms with Gasteiger partial charge in [-0.25, -0.2) is 0 Å². The summed E-state index contributed by atoms with van der Waals surface area (Å²) in [5.41, 5.74) is 5.79. The third kappa shape index (κ3) is 3.68. The van der Waals surface area contributed by atoms with Crippen molar-refractivity contribution in [2.24, 2.45) is 11.7 Å². The summed E-state index contributed by atoms with van der Waals surface area (Å²) in [6.45, 7) is 3.95. The minimum absolute atomic E-state index is 0.0109. The van der Waals surface area contributed by atoms with Crippen molar-refractivity contribution in [2.75, 3.05) is 6.26 Å². The van der Waals surface area contributed by atoms with E-state index in [4.69, 9.17) is 5.73 Å². The minimum Gasteiger partial charge on any atom is -0.352 e. The molecule has 0 spiro atoms. The van der Waals surface area contributed by atoms with Crippen molar-refractivity contribution in [3.05, 3.63) is 0 Å². The predicted molar refractivity (Wildman–Crippen MR) is 65.9 cm³/mol. The smallest absolute Gasteiger partial charge is 0.237 e. The van der Waals surface area contributed by atoms with Gasteiger partial charge < -0.3 is 11.1 Å². The largest absolute Gasteiger partial charge is 0.352 e. The highest BCUT2D eigenvalue weighted by Gasteiger charge is 2.27. The van der Waals surface area contributed by atoms with Crippen molar-refractivity contribution in [2.45, 2.75) is 50.4 Å². The lowest BCUT2D eigenvalue weighted by Crippen LogP contribution is -2.47. The molecule has 0 saturated heterocycles. The van der Waals surface area contributed by atoms with Crippen LogP contribution in [0.25, 0.3) is 0 Å². The molecule has 0 radical (unpaired) electrons. The van der Waals surface area contributed by atoms with Crippen LogP contribution in [0.2, 0.25) is 0 Å². The highest BCUT2D eigenvalue weighted by Crippen LogP contribution is 2.28. The van der Waals surface area contributed by atoms with Crippen LogP contribution in [0.5, 0.6) is 0 Å². The molecular formula is C11H22N2OS. The summed E-state index contributed by atoms with van der Waals surface area (Å²) < 4.78 is 0. The lowest BCUT2D eigenvalue weighted by atomic mass is 10.0. The van der Waals surface area contributed by atoms with E-state index >= 15 is 0 Å². The maximum Gasteiger partial charge on any atom is 0.237 e. The zero-order chi connectivity index (χ0) is 11.4. The fourth-order valence-corrected chi connectivity index (χ4v) is 2.68. The molecule has 1 saturated carbocycles. The molecule has 0 bridgehead atoms. The molecule has 1 aliphatic carbocycles. The highest BCUT2D eigenvalue weighted by atomic mass is 32.2. The average Bonchev–Trinajstić information content (AvgIpc) is 2.64. The second-order valence-electron chi connectivity index (χ2n) is 4.65. The molecule has 1 fully saturated rings. The van der Waals surface area contributed by atoms with Crippen molar-refractivity contribution in [1.82, 2.24) is 5.32 Å². The third-order valence-corrected chi connectivity index (χ3v) is 4.18. The lowest BCUT2D eigenvalue weighted by molar-refractivity contribution is -0.123. The molecule has 1 amide bonds. The Kier molecular flexibility index (Phi) is 4.93. The van der Waals surface area contributed by atoms with E-state index in [0.29, 0.717) is 11.3 Å². The van der Waals surface area contributed by atoms with Crippen molar-refractivity contribution in [1.29, 1.82) is 0 Å². The van der Waals surface area contributed by atoms with Gasteiger partial charge in [-0.1, -0.05) is 13.8 Å². The molecule has 0 aliphatic heterocycles. The summed E-state index contributed by atoms with van der Waals surface area (Å²) in [5.74, 6) is 0.222. The Hall–Kier alpha value is -0.220. The van der Waals surface area contributed by atoms with Crippen LogP contribution >= 0.6 is 11.8 Å². The number of hydrogen-bond donors (Lipinski definition) is 2. The van der Waals surface area contributed by atoms with E-state index < -0.39 is 0 Å². The molecule has 0 aromatic rings. The molecule has 0 heterocycles. The summed E-state index contributed by atoms with van der Waals surface area (Å²) in [6.07, 6.45) is 5.54. The Morgan fingerprint density at radius 2 is 2.13 bits per heavy atom. The lowest BCUT2D eigenvalue weighted by Gasteiger charge is -2.19. The van der Waals surface area contributed by atoms with Gasteiger partial charge in [0.05, 0.1) is 6.04 Å². The fourth-order valence-electron chi connectivity index (χ4n) is 1.89. The fraction of sp³-hybridized carbons (Fsp3) is 0.909. The second-order valence-corrected chi connectivity index (χ2v) is 5.78. The molecule has 0 aromatic heterocycles. The normalized spacial score (nSPS) is 28.1. The minimum atomic E-state index is -0.363. The van der Waals surface area contributed by atoms with Gasteiger partial charge in [-0.3, -0.25) is 4.79 Å². The van der Waals surface area contributed by atoms with Crippen molar-refractivity contribution in [3.63, 3.8) is 0 Å². The van der Waals surface area contributed by atoms with Gasteiger partial charge in [0.25, 0.3) is 0 Å². The van der Waals surface area contributed by atoms with E-state index in [0.717, 1.165) is 12.8 Å². The molecule has 1 rings (SSSR count). The van der Waals surface area contributed by atoms with Gasteiger partial charge >= 0.3 is 0 Å². The van der Waals surface area contributed by atoms with Crippen molar-refractivity contribution < 1.29 is 4.79 Å². The Labute approximate surface area is 96.6 Å². The molecule has 3 unspecified atom stereocenters. The first-order chi connectivity index (χ1) is 7.04. The van der Waals surface area contributed by atoms with E-state index in [-0.39, 0.29) is 17.9 Å². The zero-order valence-electron chi connectivity index (χ0n) is 9.82. The van der Waals surface area contributed by atoms with E-state index in [9.17, 15) is 4.79 Å². The van der Waals surface area contributed by atoms with Gasteiger partial charge in [-0.2, -0.15) is 11.8 Å².